The van der Waals surface area contributed by atoms with Gasteiger partial charge >= 0.3 is 0 Å². The molecule has 156 valence electrons. The van der Waals surface area contributed by atoms with Gasteiger partial charge in [-0.15, -0.1) is 11.3 Å². The third-order valence-corrected chi connectivity index (χ3v) is 6.11. The molecule has 1 fully saturated rings. The normalized spacial score (nSPS) is 14.8. The summed E-state index contributed by atoms with van der Waals surface area (Å²) in [6.45, 7) is 0.0139. The first-order valence-corrected chi connectivity index (χ1v) is 11.2. The van der Waals surface area contributed by atoms with Crippen molar-refractivity contribution >= 4 is 51.9 Å². The average molecular weight is 451 g/mol. The Kier molecular flexibility index (Phi) is 6.49. The van der Waals surface area contributed by atoms with Crippen LogP contribution in [0.15, 0.2) is 77.0 Å². The first kappa shape index (κ1) is 20.9. The number of hydrogen-bond donors (Lipinski definition) is 1. The zero-order chi connectivity index (χ0) is 21.6. The van der Waals surface area contributed by atoms with E-state index in [4.69, 9.17) is 4.74 Å². The van der Waals surface area contributed by atoms with Gasteiger partial charge in [0.25, 0.3) is 11.1 Å². The second-order valence-electron chi connectivity index (χ2n) is 6.56. The van der Waals surface area contributed by atoms with E-state index < -0.39 is 0 Å². The molecule has 1 N–H and O–H groups in total. The maximum atomic E-state index is 12.5. The van der Waals surface area contributed by atoms with E-state index in [0.29, 0.717) is 22.1 Å². The first-order valence-electron chi connectivity index (χ1n) is 9.51. The molecule has 2 heterocycles. The molecule has 0 saturated carbocycles. The molecular formula is C23H18N2O4S2. The second kappa shape index (κ2) is 9.63. The number of anilines is 1. The summed E-state index contributed by atoms with van der Waals surface area (Å²) in [6, 6.07) is 20.1. The van der Waals surface area contributed by atoms with Crippen molar-refractivity contribution in [2.24, 2.45) is 0 Å². The van der Waals surface area contributed by atoms with Gasteiger partial charge in [0.05, 0.1) is 10.6 Å². The topological polar surface area (TPSA) is 75.7 Å². The van der Waals surface area contributed by atoms with E-state index in [2.05, 4.69) is 5.32 Å². The Balaban J connectivity index is 1.37. The van der Waals surface area contributed by atoms with Crippen molar-refractivity contribution in [3.63, 3.8) is 0 Å². The van der Waals surface area contributed by atoms with Gasteiger partial charge in [0, 0.05) is 17.8 Å². The van der Waals surface area contributed by atoms with Gasteiger partial charge < -0.3 is 10.1 Å². The van der Waals surface area contributed by atoms with Crippen LogP contribution in [0.5, 0.6) is 11.5 Å². The number of para-hydroxylation sites is 3. The van der Waals surface area contributed by atoms with Gasteiger partial charge in [-0.05, 0) is 53.5 Å². The van der Waals surface area contributed by atoms with Crippen LogP contribution in [-0.4, -0.2) is 28.5 Å². The fraction of sp³-hybridized carbons (Fsp3) is 0.0870. The Morgan fingerprint density at radius 3 is 2.55 bits per heavy atom. The van der Waals surface area contributed by atoms with Crippen molar-refractivity contribution in [2.75, 3.05) is 11.9 Å². The minimum atomic E-state index is -0.371. The van der Waals surface area contributed by atoms with Gasteiger partial charge in [0.15, 0.2) is 5.75 Å². The molecule has 0 aliphatic carbocycles. The molecular weight excluding hydrogens is 432 g/mol. The third kappa shape index (κ3) is 5.22. The minimum absolute atomic E-state index is 0.00993. The van der Waals surface area contributed by atoms with Crippen molar-refractivity contribution in [1.29, 1.82) is 0 Å². The van der Waals surface area contributed by atoms with Crippen LogP contribution in [0.4, 0.5) is 10.5 Å². The van der Waals surface area contributed by atoms with Crippen molar-refractivity contribution in [3.8, 4) is 11.5 Å². The van der Waals surface area contributed by atoms with Gasteiger partial charge in [-0.1, -0.05) is 36.4 Å². The fourth-order valence-corrected chi connectivity index (χ4v) is 4.48. The van der Waals surface area contributed by atoms with Crippen LogP contribution in [0.2, 0.25) is 0 Å². The summed E-state index contributed by atoms with van der Waals surface area (Å²) in [6.07, 6.45) is 1.69. The quantitative estimate of drug-likeness (QED) is 0.474. The molecule has 0 spiro atoms. The Morgan fingerprint density at radius 2 is 1.77 bits per heavy atom. The molecule has 1 aliphatic heterocycles. The number of amides is 3. The molecule has 0 unspecified atom stereocenters. The molecule has 0 atom stereocenters. The fourth-order valence-electron chi connectivity index (χ4n) is 2.90. The molecule has 31 heavy (non-hydrogen) atoms. The Bertz CT molecular complexity index is 1130. The smallest absolute Gasteiger partial charge is 0.293 e. The van der Waals surface area contributed by atoms with E-state index in [-0.39, 0.29) is 30.0 Å². The largest absolute Gasteiger partial charge is 0.455 e. The predicted molar refractivity (Wildman–Crippen MR) is 123 cm³/mol. The summed E-state index contributed by atoms with van der Waals surface area (Å²) in [5, 5.41) is 4.33. The van der Waals surface area contributed by atoms with Crippen LogP contribution in [-0.2, 0) is 9.59 Å². The van der Waals surface area contributed by atoms with Crippen LogP contribution in [0.1, 0.15) is 11.3 Å². The highest BCUT2D eigenvalue weighted by atomic mass is 32.2. The van der Waals surface area contributed by atoms with E-state index in [1.54, 1.807) is 24.3 Å². The van der Waals surface area contributed by atoms with Gasteiger partial charge in [-0.25, -0.2) is 0 Å². The molecule has 2 aromatic carbocycles. The van der Waals surface area contributed by atoms with Gasteiger partial charge in [-0.3, -0.25) is 19.3 Å². The van der Waals surface area contributed by atoms with Crippen molar-refractivity contribution < 1.29 is 19.1 Å². The second-order valence-corrected chi connectivity index (χ2v) is 8.53. The summed E-state index contributed by atoms with van der Waals surface area (Å²) in [5.41, 5.74) is 0.517. The predicted octanol–water partition coefficient (Wildman–Crippen LogP) is 5.61. The molecule has 8 heteroatoms. The van der Waals surface area contributed by atoms with E-state index in [1.807, 2.05) is 53.9 Å². The van der Waals surface area contributed by atoms with Crippen molar-refractivity contribution in [2.45, 2.75) is 6.42 Å². The molecule has 1 aromatic heterocycles. The number of rotatable bonds is 7. The van der Waals surface area contributed by atoms with Crippen LogP contribution in [0, 0.1) is 0 Å². The number of nitrogens with one attached hydrogen (secondary N) is 1. The number of carbonyl (C=O) groups excluding carboxylic acids is 3. The highest BCUT2D eigenvalue weighted by Gasteiger charge is 2.35. The molecule has 1 aliphatic rings. The van der Waals surface area contributed by atoms with Gasteiger partial charge in [-0.2, -0.15) is 0 Å². The van der Waals surface area contributed by atoms with E-state index in [1.165, 1.54) is 11.3 Å². The van der Waals surface area contributed by atoms with E-state index in [9.17, 15) is 14.4 Å². The van der Waals surface area contributed by atoms with Gasteiger partial charge in [0.2, 0.25) is 5.91 Å². The number of thiophene rings is 1. The molecule has 3 aromatic rings. The number of ether oxygens (including phenoxy) is 1. The lowest BCUT2D eigenvalue weighted by atomic mass is 10.2. The maximum Gasteiger partial charge on any atom is 0.293 e. The van der Waals surface area contributed by atoms with Crippen molar-refractivity contribution in [1.82, 2.24) is 4.90 Å². The van der Waals surface area contributed by atoms with Crippen LogP contribution >= 0.6 is 23.1 Å². The Hall–Kier alpha value is -3.36. The minimum Gasteiger partial charge on any atom is -0.455 e. The number of hydrogen-bond acceptors (Lipinski definition) is 6. The van der Waals surface area contributed by atoms with E-state index in [0.717, 1.165) is 21.5 Å². The maximum absolute atomic E-state index is 12.5. The van der Waals surface area contributed by atoms with Crippen LogP contribution in [0.25, 0.3) is 6.08 Å². The molecule has 0 radical (unpaired) electrons. The lowest BCUT2D eigenvalue weighted by Gasteiger charge is -2.14. The third-order valence-electron chi connectivity index (χ3n) is 4.38. The van der Waals surface area contributed by atoms with Crippen LogP contribution in [0.3, 0.4) is 0 Å². The first-order chi connectivity index (χ1) is 15.1. The lowest BCUT2D eigenvalue weighted by Crippen LogP contribution is -2.31. The SMILES string of the molecule is O=C(CCN1C(=O)SC(=Cc2cccs2)C1=O)Nc1ccccc1Oc1ccccc1. The summed E-state index contributed by atoms with van der Waals surface area (Å²) >= 11 is 2.38. The summed E-state index contributed by atoms with van der Waals surface area (Å²) in [5.74, 6) is 0.473. The number of thioether (sulfide) groups is 1. The molecule has 3 amide bonds. The van der Waals surface area contributed by atoms with Crippen molar-refractivity contribution in [3.05, 3.63) is 81.9 Å². The monoisotopic (exact) mass is 450 g/mol. The number of imide groups is 1. The summed E-state index contributed by atoms with van der Waals surface area (Å²) < 4.78 is 5.84. The average Bonchev–Trinajstić information content (AvgIpc) is 3.37. The summed E-state index contributed by atoms with van der Waals surface area (Å²) in [4.78, 5) is 39.6. The number of benzene rings is 2. The Labute approximate surface area is 187 Å². The lowest BCUT2D eigenvalue weighted by molar-refractivity contribution is -0.123. The zero-order valence-electron chi connectivity index (χ0n) is 16.3. The highest BCUT2D eigenvalue weighted by Crippen LogP contribution is 2.33. The number of nitrogens with zero attached hydrogens (tertiary/aromatic N) is 1. The number of carbonyl (C=O) groups is 3. The molecule has 1 saturated heterocycles. The summed E-state index contributed by atoms with van der Waals surface area (Å²) in [7, 11) is 0. The van der Waals surface area contributed by atoms with E-state index >= 15 is 0 Å². The molecule has 4 rings (SSSR count). The van der Waals surface area contributed by atoms with Gasteiger partial charge in [0.1, 0.15) is 5.75 Å². The standard InChI is InChI=1S/C23H18N2O4S2/c26-21(24-18-10-4-5-11-19(18)29-16-7-2-1-3-8-16)12-13-25-22(27)20(31-23(25)28)15-17-9-6-14-30-17/h1-11,14-15H,12-13H2,(H,24,26). The molecule has 6 nitrogen and oxygen atoms in total. The van der Waals surface area contributed by atoms with Crippen LogP contribution < -0.4 is 10.1 Å². The highest BCUT2D eigenvalue weighted by molar-refractivity contribution is 8.18. The zero-order valence-corrected chi connectivity index (χ0v) is 17.9. The molecule has 0 bridgehead atoms. The Morgan fingerprint density at radius 1 is 1.00 bits per heavy atom.